The van der Waals surface area contributed by atoms with Crippen molar-refractivity contribution in [2.75, 3.05) is 13.2 Å². The van der Waals surface area contributed by atoms with E-state index in [9.17, 15) is 0 Å². The second kappa shape index (κ2) is 6.29. The highest BCUT2D eigenvalue weighted by atomic mass is 79.9. The van der Waals surface area contributed by atoms with E-state index in [4.69, 9.17) is 26.6 Å². The van der Waals surface area contributed by atoms with Crippen LogP contribution in [0.3, 0.4) is 0 Å². The van der Waals surface area contributed by atoms with E-state index in [0.717, 1.165) is 10.0 Å². The van der Waals surface area contributed by atoms with Crippen LogP contribution < -0.4 is 5.73 Å². The summed E-state index contributed by atoms with van der Waals surface area (Å²) in [6.45, 7) is 1.19. The molecule has 0 atom stereocenters. The van der Waals surface area contributed by atoms with E-state index in [-0.39, 0.29) is 6.61 Å². The van der Waals surface area contributed by atoms with Crippen molar-refractivity contribution < 1.29 is 9.26 Å². The minimum absolute atomic E-state index is 0.263. The normalized spacial score (nSPS) is 10.8. The Hall–Kier alpha value is -0.950. The van der Waals surface area contributed by atoms with E-state index in [0.29, 0.717) is 29.9 Å². The molecule has 0 unspecified atom stereocenters. The van der Waals surface area contributed by atoms with Crippen LogP contribution >= 0.6 is 27.5 Å². The zero-order valence-electron chi connectivity index (χ0n) is 9.40. The van der Waals surface area contributed by atoms with E-state index in [1.54, 1.807) is 6.07 Å². The molecule has 2 N–H and O–H groups in total. The summed E-state index contributed by atoms with van der Waals surface area (Å²) >= 11 is 9.26. The number of halogens is 2. The Labute approximate surface area is 117 Å². The van der Waals surface area contributed by atoms with Crippen molar-refractivity contribution in [3.05, 3.63) is 33.6 Å². The van der Waals surface area contributed by atoms with E-state index < -0.39 is 0 Å². The van der Waals surface area contributed by atoms with Crippen LogP contribution in [0, 0.1) is 0 Å². The highest BCUT2D eigenvalue weighted by Crippen LogP contribution is 2.27. The third-order valence-electron chi connectivity index (χ3n) is 2.13. The maximum atomic E-state index is 5.91. The van der Waals surface area contributed by atoms with Gasteiger partial charge in [0.2, 0.25) is 5.82 Å². The molecule has 96 valence electrons. The Balaban J connectivity index is 2.11. The molecule has 0 fully saturated rings. The third kappa shape index (κ3) is 3.29. The molecule has 18 heavy (non-hydrogen) atoms. The Bertz CT molecular complexity index is 533. The van der Waals surface area contributed by atoms with Crippen molar-refractivity contribution in [2.24, 2.45) is 5.73 Å². The van der Waals surface area contributed by atoms with Crippen molar-refractivity contribution in [1.29, 1.82) is 0 Å². The summed E-state index contributed by atoms with van der Waals surface area (Å²) in [7, 11) is 0. The Morgan fingerprint density at radius 2 is 2.28 bits per heavy atom. The second-order valence-corrected chi connectivity index (χ2v) is 4.74. The van der Waals surface area contributed by atoms with Gasteiger partial charge in [0.1, 0.15) is 6.61 Å². The molecule has 0 aliphatic rings. The van der Waals surface area contributed by atoms with Crippen LogP contribution in [-0.2, 0) is 11.3 Å². The smallest absolute Gasteiger partial charge is 0.252 e. The van der Waals surface area contributed by atoms with E-state index in [1.165, 1.54) is 0 Å². The van der Waals surface area contributed by atoms with Crippen LogP contribution in [0.5, 0.6) is 0 Å². The maximum absolute atomic E-state index is 5.91. The fourth-order valence-electron chi connectivity index (χ4n) is 1.31. The number of ether oxygens (including phenoxy) is 1. The number of hydrogen-bond acceptors (Lipinski definition) is 5. The molecule has 0 bridgehead atoms. The molecule has 0 aliphatic carbocycles. The molecule has 0 amide bonds. The van der Waals surface area contributed by atoms with Crippen LogP contribution in [0.2, 0.25) is 5.02 Å². The lowest BCUT2D eigenvalue weighted by molar-refractivity contribution is 0.104. The number of rotatable bonds is 5. The molecule has 7 heteroatoms. The fourth-order valence-corrected chi connectivity index (χ4v) is 1.81. The third-order valence-corrected chi connectivity index (χ3v) is 3.35. The SMILES string of the molecule is NCCOCc1nc(-c2ccc(Cl)c(Br)c2)no1. The van der Waals surface area contributed by atoms with Crippen molar-refractivity contribution in [2.45, 2.75) is 6.61 Å². The molecule has 0 radical (unpaired) electrons. The van der Waals surface area contributed by atoms with E-state index in [2.05, 4.69) is 26.1 Å². The lowest BCUT2D eigenvalue weighted by atomic mass is 10.2. The lowest BCUT2D eigenvalue weighted by Crippen LogP contribution is -2.08. The first-order valence-electron chi connectivity index (χ1n) is 5.26. The zero-order valence-corrected chi connectivity index (χ0v) is 11.7. The molecule has 0 saturated carbocycles. The minimum Gasteiger partial charge on any atom is -0.370 e. The van der Waals surface area contributed by atoms with Crippen LogP contribution in [-0.4, -0.2) is 23.3 Å². The van der Waals surface area contributed by atoms with E-state index >= 15 is 0 Å². The van der Waals surface area contributed by atoms with Crippen molar-refractivity contribution in [1.82, 2.24) is 10.1 Å². The number of hydrogen-bond donors (Lipinski definition) is 1. The molecular formula is C11H11BrClN3O2. The topological polar surface area (TPSA) is 74.2 Å². The van der Waals surface area contributed by atoms with Crippen LogP contribution in [0.15, 0.2) is 27.2 Å². The van der Waals surface area contributed by atoms with Crippen LogP contribution in [0.4, 0.5) is 0 Å². The summed E-state index contributed by atoms with van der Waals surface area (Å²) in [5.41, 5.74) is 6.13. The Morgan fingerprint density at radius 1 is 1.44 bits per heavy atom. The monoisotopic (exact) mass is 331 g/mol. The van der Waals surface area contributed by atoms with Crippen molar-refractivity contribution in [3.8, 4) is 11.4 Å². The van der Waals surface area contributed by atoms with Gasteiger partial charge in [0, 0.05) is 16.6 Å². The van der Waals surface area contributed by atoms with Crippen LogP contribution in [0.25, 0.3) is 11.4 Å². The van der Waals surface area contributed by atoms with E-state index in [1.807, 2.05) is 12.1 Å². The van der Waals surface area contributed by atoms with Gasteiger partial charge in [-0.2, -0.15) is 4.98 Å². The second-order valence-electron chi connectivity index (χ2n) is 3.48. The summed E-state index contributed by atoms with van der Waals surface area (Å²) in [5.74, 6) is 0.920. The highest BCUT2D eigenvalue weighted by Gasteiger charge is 2.09. The van der Waals surface area contributed by atoms with Gasteiger partial charge in [-0.3, -0.25) is 0 Å². The number of aromatic nitrogens is 2. The first-order chi connectivity index (χ1) is 8.70. The van der Waals surface area contributed by atoms with Gasteiger partial charge in [-0.05, 0) is 34.1 Å². The highest BCUT2D eigenvalue weighted by molar-refractivity contribution is 9.10. The zero-order chi connectivity index (χ0) is 13.0. The molecule has 5 nitrogen and oxygen atoms in total. The molecule has 1 aromatic carbocycles. The largest absolute Gasteiger partial charge is 0.370 e. The summed E-state index contributed by atoms with van der Waals surface area (Å²) in [4.78, 5) is 4.22. The van der Waals surface area contributed by atoms with Gasteiger partial charge in [0.15, 0.2) is 0 Å². The molecule has 1 heterocycles. The predicted octanol–water partition coefficient (Wildman–Crippen LogP) is 2.63. The summed E-state index contributed by atoms with van der Waals surface area (Å²) in [5, 5.41) is 4.51. The quantitative estimate of drug-likeness (QED) is 0.852. The van der Waals surface area contributed by atoms with Crippen molar-refractivity contribution >= 4 is 27.5 Å². The molecule has 1 aromatic heterocycles. The Kier molecular flexibility index (Phi) is 4.71. The summed E-state index contributed by atoms with van der Waals surface area (Å²) < 4.78 is 11.1. The first kappa shape index (κ1) is 13.5. The van der Waals surface area contributed by atoms with Gasteiger partial charge in [0.25, 0.3) is 5.89 Å². The summed E-state index contributed by atoms with van der Waals surface area (Å²) in [6, 6.07) is 5.42. The number of benzene rings is 1. The predicted molar refractivity (Wildman–Crippen MR) is 71.2 cm³/mol. The molecule has 2 aromatic rings. The molecule has 0 aliphatic heterocycles. The molecule has 0 saturated heterocycles. The molecular weight excluding hydrogens is 321 g/mol. The van der Waals surface area contributed by atoms with Crippen molar-refractivity contribution in [3.63, 3.8) is 0 Å². The first-order valence-corrected chi connectivity index (χ1v) is 6.43. The molecule has 2 rings (SSSR count). The number of nitrogens with two attached hydrogens (primary N) is 1. The average molecular weight is 333 g/mol. The standard InChI is InChI=1S/C11H11BrClN3O2/c12-8-5-7(1-2-9(8)13)11-15-10(18-16-11)6-17-4-3-14/h1-2,5H,3-4,6,14H2. The van der Waals surface area contributed by atoms with Gasteiger partial charge in [-0.25, -0.2) is 0 Å². The van der Waals surface area contributed by atoms with Gasteiger partial charge in [0.05, 0.1) is 11.6 Å². The van der Waals surface area contributed by atoms with Gasteiger partial charge in [-0.1, -0.05) is 16.8 Å². The van der Waals surface area contributed by atoms with Gasteiger partial charge in [-0.15, -0.1) is 0 Å². The Morgan fingerprint density at radius 3 is 3.00 bits per heavy atom. The van der Waals surface area contributed by atoms with Crippen LogP contribution in [0.1, 0.15) is 5.89 Å². The minimum atomic E-state index is 0.263. The fraction of sp³-hybridized carbons (Fsp3) is 0.273. The number of nitrogens with zero attached hydrogens (tertiary/aromatic N) is 2. The lowest BCUT2D eigenvalue weighted by Gasteiger charge is -1.98. The molecule has 0 spiro atoms. The van der Waals surface area contributed by atoms with Gasteiger partial charge < -0.3 is 15.0 Å². The summed E-state index contributed by atoms with van der Waals surface area (Å²) in [6.07, 6.45) is 0. The average Bonchev–Trinajstić information content (AvgIpc) is 2.82. The maximum Gasteiger partial charge on any atom is 0.252 e. The van der Waals surface area contributed by atoms with Gasteiger partial charge >= 0.3 is 0 Å².